The van der Waals surface area contributed by atoms with Crippen LogP contribution in [0, 0.1) is 0 Å². The van der Waals surface area contributed by atoms with Crippen molar-refractivity contribution in [3.8, 4) is 0 Å². The summed E-state index contributed by atoms with van der Waals surface area (Å²) in [5.41, 5.74) is -1.80. The molecular weight excluding hydrogens is 531 g/mol. The smallest absolute Gasteiger partial charge is 0.418 e. The zero-order chi connectivity index (χ0) is 27.1. The Morgan fingerprint density at radius 3 is 2.62 bits per heavy atom. The monoisotopic (exact) mass is 553 g/mol. The number of aromatic nitrogens is 1. The Labute approximate surface area is 224 Å². The summed E-state index contributed by atoms with van der Waals surface area (Å²) in [7, 11) is 0. The molecule has 0 atom stereocenters. The summed E-state index contributed by atoms with van der Waals surface area (Å²) in [6.07, 6.45) is -4.60. The fraction of sp³-hybridized carbons (Fsp3) is 0.250. The van der Waals surface area contributed by atoms with E-state index < -0.39 is 23.3 Å². The summed E-state index contributed by atoms with van der Waals surface area (Å²) in [6, 6.07) is 16.3. The maximum absolute atomic E-state index is 13.9. The van der Waals surface area contributed by atoms with Crippen molar-refractivity contribution in [2.45, 2.75) is 6.18 Å². The van der Waals surface area contributed by atoms with Crippen LogP contribution in [0.1, 0.15) is 15.9 Å². The van der Waals surface area contributed by atoms with Crippen LogP contribution in [0.4, 0.5) is 18.3 Å². The minimum Gasteiger partial charge on any atom is -0.422 e. The number of rotatable bonds is 5. The Bertz CT molecular complexity index is 1760. The standard InChI is InChI=1S/C28H22F3N3O4S/c29-28(30,31)21-6-3-7-23-24(21)32-27(39-23)34(11-10-33-12-14-37-15-13-33)25(35)20-16-19-18-5-2-1-4-17(18)8-9-22(19)38-26(20)36/h1-9,16H,10-15H2. The molecule has 1 amide bonds. The van der Waals surface area contributed by atoms with E-state index in [1.165, 1.54) is 23.1 Å². The molecule has 3 heterocycles. The molecule has 0 radical (unpaired) electrons. The van der Waals surface area contributed by atoms with Gasteiger partial charge in [-0.25, -0.2) is 9.78 Å². The summed E-state index contributed by atoms with van der Waals surface area (Å²) >= 11 is 0.975. The van der Waals surface area contributed by atoms with E-state index in [0.717, 1.165) is 28.2 Å². The van der Waals surface area contributed by atoms with Crippen LogP contribution in [0.3, 0.4) is 0 Å². The number of fused-ring (bicyclic) bond motifs is 4. The van der Waals surface area contributed by atoms with Gasteiger partial charge in [-0.3, -0.25) is 14.6 Å². The number of ether oxygens (including phenoxy) is 1. The van der Waals surface area contributed by atoms with Crippen molar-refractivity contribution >= 4 is 54.3 Å². The molecule has 1 aliphatic heterocycles. The number of hydrogen-bond acceptors (Lipinski definition) is 7. The third-order valence-electron chi connectivity index (χ3n) is 6.81. The third kappa shape index (κ3) is 4.88. The summed E-state index contributed by atoms with van der Waals surface area (Å²) in [6.45, 7) is 2.96. The van der Waals surface area contributed by atoms with Gasteiger partial charge in [0, 0.05) is 31.6 Å². The number of carbonyl (C=O) groups is 1. The first kappa shape index (κ1) is 25.5. The van der Waals surface area contributed by atoms with E-state index in [9.17, 15) is 22.8 Å². The first-order valence-corrected chi connectivity index (χ1v) is 13.2. The van der Waals surface area contributed by atoms with E-state index in [-0.39, 0.29) is 22.8 Å². The summed E-state index contributed by atoms with van der Waals surface area (Å²) in [4.78, 5) is 34.6. The van der Waals surface area contributed by atoms with Gasteiger partial charge in [0.1, 0.15) is 11.1 Å². The molecule has 0 unspecified atom stereocenters. The molecule has 0 aliphatic carbocycles. The van der Waals surface area contributed by atoms with Gasteiger partial charge in [0.25, 0.3) is 5.91 Å². The lowest BCUT2D eigenvalue weighted by Gasteiger charge is -2.29. The first-order chi connectivity index (χ1) is 18.8. The second-order valence-electron chi connectivity index (χ2n) is 9.20. The highest BCUT2D eigenvalue weighted by molar-refractivity contribution is 7.22. The van der Waals surface area contributed by atoms with Crippen LogP contribution in [-0.4, -0.2) is 55.2 Å². The van der Waals surface area contributed by atoms with Gasteiger partial charge in [0.15, 0.2) is 5.13 Å². The van der Waals surface area contributed by atoms with E-state index in [4.69, 9.17) is 9.15 Å². The highest BCUT2D eigenvalue weighted by atomic mass is 32.1. The second kappa shape index (κ2) is 10.1. The van der Waals surface area contributed by atoms with Gasteiger partial charge >= 0.3 is 11.8 Å². The van der Waals surface area contributed by atoms with Crippen LogP contribution in [0.25, 0.3) is 32.0 Å². The number of thiazole rings is 1. The molecule has 0 N–H and O–H groups in total. The normalized spacial score (nSPS) is 14.8. The van der Waals surface area contributed by atoms with E-state index in [1.807, 2.05) is 30.3 Å². The molecule has 200 valence electrons. The number of para-hydroxylation sites is 1. The molecule has 0 spiro atoms. The molecule has 7 nitrogen and oxygen atoms in total. The van der Waals surface area contributed by atoms with Crippen molar-refractivity contribution in [2.75, 3.05) is 44.3 Å². The van der Waals surface area contributed by atoms with Gasteiger partial charge in [-0.2, -0.15) is 13.2 Å². The number of alkyl halides is 3. The molecule has 3 aromatic carbocycles. The zero-order valence-corrected chi connectivity index (χ0v) is 21.3. The Kier molecular flexibility index (Phi) is 6.57. The number of benzene rings is 3. The maximum atomic E-state index is 13.9. The number of carbonyl (C=O) groups excluding carboxylic acids is 1. The Morgan fingerprint density at radius 2 is 1.82 bits per heavy atom. The number of amides is 1. The molecule has 6 rings (SSSR count). The summed E-state index contributed by atoms with van der Waals surface area (Å²) in [5.74, 6) is -0.681. The fourth-order valence-electron chi connectivity index (χ4n) is 4.80. The number of halogens is 3. The number of hydrogen-bond donors (Lipinski definition) is 0. The highest BCUT2D eigenvalue weighted by Gasteiger charge is 2.35. The molecule has 11 heteroatoms. The van der Waals surface area contributed by atoms with Gasteiger partial charge in [-0.15, -0.1) is 0 Å². The Morgan fingerprint density at radius 1 is 1.03 bits per heavy atom. The fourth-order valence-corrected chi connectivity index (χ4v) is 5.81. The number of nitrogens with zero attached hydrogens (tertiary/aromatic N) is 3. The lowest BCUT2D eigenvalue weighted by Crippen LogP contribution is -2.44. The van der Waals surface area contributed by atoms with Crippen LogP contribution in [0.15, 0.2) is 69.9 Å². The average Bonchev–Trinajstić information content (AvgIpc) is 3.36. The average molecular weight is 554 g/mol. The van der Waals surface area contributed by atoms with E-state index >= 15 is 0 Å². The first-order valence-electron chi connectivity index (χ1n) is 12.3. The molecule has 5 aromatic rings. The van der Waals surface area contributed by atoms with Crippen LogP contribution in [-0.2, 0) is 10.9 Å². The molecule has 0 saturated carbocycles. The van der Waals surface area contributed by atoms with E-state index in [1.54, 1.807) is 6.07 Å². The topological polar surface area (TPSA) is 75.9 Å². The molecule has 0 bridgehead atoms. The Balaban J connectivity index is 1.45. The maximum Gasteiger partial charge on any atom is 0.418 e. The quantitative estimate of drug-likeness (QED) is 0.210. The highest BCUT2D eigenvalue weighted by Crippen LogP contribution is 2.38. The molecule has 1 fully saturated rings. The zero-order valence-electron chi connectivity index (χ0n) is 20.5. The Hall–Kier alpha value is -3.80. The second-order valence-corrected chi connectivity index (χ2v) is 10.2. The number of anilines is 1. The molecular formula is C28H22F3N3O4S. The van der Waals surface area contributed by atoms with Crippen molar-refractivity contribution < 1.29 is 27.1 Å². The SMILES string of the molecule is O=C(c1cc2c(ccc3ccccc32)oc1=O)N(CCN1CCOCC1)c1nc2c(C(F)(F)F)cccc2s1. The van der Waals surface area contributed by atoms with Crippen LogP contribution >= 0.6 is 11.3 Å². The lowest BCUT2D eigenvalue weighted by molar-refractivity contribution is -0.136. The summed E-state index contributed by atoms with van der Waals surface area (Å²) < 4.78 is 52.3. The molecule has 1 aliphatic rings. The predicted molar refractivity (Wildman–Crippen MR) is 144 cm³/mol. The van der Waals surface area contributed by atoms with E-state index in [0.29, 0.717) is 48.5 Å². The van der Waals surface area contributed by atoms with Gasteiger partial charge in [0.05, 0.1) is 29.0 Å². The van der Waals surface area contributed by atoms with Crippen LogP contribution in [0.5, 0.6) is 0 Å². The van der Waals surface area contributed by atoms with E-state index in [2.05, 4.69) is 9.88 Å². The van der Waals surface area contributed by atoms with Gasteiger partial charge < -0.3 is 9.15 Å². The molecule has 39 heavy (non-hydrogen) atoms. The lowest BCUT2D eigenvalue weighted by atomic mass is 10.0. The predicted octanol–water partition coefficient (Wildman–Crippen LogP) is 5.55. The van der Waals surface area contributed by atoms with Crippen LogP contribution in [0.2, 0.25) is 0 Å². The van der Waals surface area contributed by atoms with Crippen molar-refractivity contribution in [2.24, 2.45) is 0 Å². The van der Waals surface area contributed by atoms with Crippen molar-refractivity contribution in [1.29, 1.82) is 0 Å². The van der Waals surface area contributed by atoms with Crippen molar-refractivity contribution in [3.05, 3.63) is 82.2 Å². The van der Waals surface area contributed by atoms with Crippen molar-refractivity contribution in [1.82, 2.24) is 9.88 Å². The van der Waals surface area contributed by atoms with Crippen molar-refractivity contribution in [3.63, 3.8) is 0 Å². The van der Waals surface area contributed by atoms with Gasteiger partial charge in [-0.1, -0.05) is 47.7 Å². The minimum absolute atomic E-state index is 0.0809. The number of morpholine rings is 1. The third-order valence-corrected chi connectivity index (χ3v) is 7.85. The van der Waals surface area contributed by atoms with Gasteiger partial charge in [0.2, 0.25) is 0 Å². The summed E-state index contributed by atoms with van der Waals surface area (Å²) in [5, 5.41) is 2.39. The van der Waals surface area contributed by atoms with Crippen LogP contribution < -0.4 is 10.5 Å². The molecule has 1 saturated heterocycles. The minimum atomic E-state index is -4.60. The van der Waals surface area contributed by atoms with Gasteiger partial charge in [-0.05, 0) is 35.0 Å². The molecule has 2 aromatic heterocycles. The largest absolute Gasteiger partial charge is 0.422 e.